The fourth-order valence-corrected chi connectivity index (χ4v) is 2.41. The topological polar surface area (TPSA) is 85.3 Å². The Labute approximate surface area is 119 Å². The Bertz CT molecular complexity index is 535. The van der Waals surface area contributed by atoms with Crippen molar-refractivity contribution in [3.63, 3.8) is 0 Å². The van der Waals surface area contributed by atoms with Crippen molar-refractivity contribution >= 4 is 5.91 Å². The standard InChI is InChI=1S/C15H24N2O3/c1-4-6-7-11(5-2)9-17-12(18)8-10(3)13(14(16)19)15(17)20/h8,11,20H,4-7,9H2,1-3H3,(H2,16,19). The molecule has 3 N–H and O–H groups in total. The zero-order chi connectivity index (χ0) is 15.3. The highest BCUT2D eigenvalue weighted by atomic mass is 16.3. The summed E-state index contributed by atoms with van der Waals surface area (Å²) in [6.07, 6.45) is 4.10. The van der Waals surface area contributed by atoms with Gasteiger partial charge in [-0.1, -0.05) is 33.1 Å². The van der Waals surface area contributed by atoms with E-state index in [4.69, 9.17) is 5.73 Å². The molecule has 0 spiro atoms. The van der Waals surface area contributed by atoms with Gasteiger partial charge in [-0.2, -0.15) is 0 Å². The van der Waals surface area contributed by atoms with Crippen molar-refractivity contribution in [3.8, 4) is 5.88 Å². The molecule has 0 aromatic carbocycles. The Morgan fingerprint density at radius 1 is 1.45 bits per heavy atom. The number of amides is 1. The molecule has 0 aliphatic heterocycles. The van der Waals surface area contributed by atoms with Crippen molar-refractivity contribution in [3.05, 3.63) is 27.5 Å². The Hall–Kier alpha value is -1.78. The van der Waals surface area contributed by atoms with E-state index in [0.29, 0.717) is 18.0 Å². The molecule has 0 fully saturated rings. The molecule has 5 nitrogen and oxygen atoms in total. The number of aromatic hydroxyl groups is 1. The second-order valence-corrected chi connectivity index (χ2v) is 5.26. The van der Waals surface area contributed by atoms with Gasteiger partial charge in [-0.25, -0.2) is 0 Å². The van der Waals surface area contributed by atoms with Gasteiger partial charge in [0.15, 0.2) is 0 Å². The van der Waals surface area contributed by atoms with Crippen LogP contribution in [0.2, 0.25) is 0 Å². The maximum Gasteiger partial charge on any atom is 0.254 e. The lowest BCUT2D eigenvalue weighted by molar-refractivity contribution is 0.0995. The van der Waals surface area contributed by atoms with Gasteiger partial charge in [0.25, 0.3) is 11.5 Å². The van der Waals surface area contributed by atoms with Gasteiger partial charge < -0.3 is 10.8 Å². The summed E-state index contributed by atoms with van der Waals surface area (Å²) in [5.41, 5.74) is 5.42. The first-order chi connectivity index (χ1) is 9.42. The van der Waals surface area contributed by atoms with Crippen LogP contribution in [0, 0.1) is 12.8 Å². The van der Waals surface area contributed by atoms with Crippen LogP contribution >= 0.6 is 0 Å². The molecular formula is C15H24N2O3. The van der Waals surface area contributed by atoms with Crippen LogP contribution in [0.1, 0.15) is 55.5 Å². The van der Waals surface area contributed by atoms with Crippen LogP contribution < -0.4 is 11.3 Å². The summed E-state index contributed by atoms with van der Waals surface area (Å²) in [4.78, 5) is 23.4. The van der Waals surface area contributed by atoms with E-state index in [9.17, 15) is 14.7 Å². The molecule has 0 aliphatic rings. The Morgan fingerprint density at radius 3 is 2.60 bits per heavy atom. The van der Waals surface area contributed by atoms with Crippen LogP contribution in [-0.2, 0) is 6.54 Å². The van der Waals surface area contributed by atoms with Crippen LogP contribution in [0.5, 0.6) is 5.88 Å². The third-order valence-corrected chi connectivity index (χ3v) is 3.71. The zero-order valence-electron chi connectivity index (χ0n) is 12.5. The predicted molar refractivity (Wildman–Crippen MR) is 78.9 cm³/mol. The van der Waals surface area contributed by atoms with Crippen molar-refractivity contribution in [2.24, 2.45) is 11.7 Å². The van der Waals surface area contributed by atoms with Crippen LogP contribution in [0.25, 0.3) is 0 Å². The molecule has 1 heterocycles. The normalized spacial score (nSPS) is 12.3. The average Bonchev–Trinajstić information content (AvgIpc) is 2.37. The number of aryl methyl sites for hydroxylation is 1. The minimum atomic E-state index is -0.713. The van der Waals surface area contributed by atoms with Crippen LogP contribution in [0.3, 0.4) is 0 Å². The number of hydrogen-bond donors (Lipinski definition) is 2. The zero-order valence-corrected chi connectivity index (χ0v) is 12.5. The van der Waals surface area contributed by atoms with Crippen molar-refractivity contribution in [2.45, 2.75) is 53.0 Å². The summed E-state index contributed by atoms with van der Waals surface area (Å²) in [5.74, 6) is -0.713. The maximum absolute atomic E-state index is 12.0. The molecule has 112 valence electrons. The smallest absolute Gasteiger partial charge is 0.254 e. The molecule has 20 heavy (non-hydrogen) atoms. The third-order valence-electron chi connectivity index (χ3n) is 3.71. The number of aromatic nitrogens is 1. The fourth-order valence-electron chi connectivity index (χ4n) is 2.41. The number of unbranched alkanes of at least 4 members (excludes halogenated alkanes) is 1. The summed E-state index contributed by atoms with van der Waals surface area (Å²) in [6.45, 7) is 6.20. The maximum atomic E-state index is 12.0. The number of nitrogens with zero attached hydrogens (tertiary/aromatic N) is 1. The number of nitrogens with two attached hydrogens (primary N) is 1. The molecule has 0 saturated heterocycles. The van der Waals surface area contributed by atoms with Crippen LogP contribution in [-0.4, -0.2) is 15.6 Å². The fraction of sp³-hybridized carbons (Fsp3) is 0.600. The second-order valence-electron chi connectivity index (χ2n) is 5.26. The monoisotopic (exact) mass is 280 g/mol. The Morgan fingerprint density at radius 2 is 2.10 bits per heavy atom. The summed E-state index contributed by atoms with van der Waals surface area (Å²) < 4.78 is 1.26. The van der Waals surface area contributed by atoms with Crippen LogP contribution in [0.15, 0.2) is 10.9 Å². The highest BCUT2D eigenvalue weighted by Gasteiger charge is 2.18. The lowest BCUT2D eigenvalue weighted by atomic mass is 9.99. The number of primary amides is 1. The summed E-state index contributed by atoms with van der Waals surface area (Å²) >= 11 is 0. The van der Waals surface area contributed by atoms with Gasteiger partial charge in [0.1, 0.15) is 5.56 Å². The Kier molecular flexibility index (Phi) is 5.80. The lowest BCUT2D eigenvalue weighted by Gasteiger charge is -2.18. The van der Waals surface area contributed by atoms with Crippen molar-refractivity contribution in [1.82, 2.24) is 4.57 Å². The van der Waals surface area contributed by atoms with Gasteiger partial charge in [0.2, 0.25) is 5.88 Å². The van der Waals surface area contributed by atoms with Gasteiger partial charge in [-0.3, -0.25) is 14.2 Å². The molecule has 5 heteroatoms. The van der Waals surface area contributed by atoms with Gasteiger partial charge in [-0.05, 0) is 24.8 Å². The molecule has 0 bridgehead atoms. The number of rotatable bonds is 7. The first kappa shape index (κ1) is 16.3. The Balaban J connectivity index is 3.14. The van der Waals surface area contributed by atoms with E-state index >= 15 is 0 Å². The van der Waals surface area contributed by atoms with E-state index in [1.807, 2.05) is 0 Å². The lowest BCUT2D eigenvalue weighted by Crippen LogP contribution is -2.27. The summed E-state index contributed by atoms with van der Waals surface area (Å²) in [5, 5.41) is 10.2. The largest absolute Gasteiger partial charge is 0.494 e. The molecule has 1 amide bonds. The van der Waals surface area contributed by atoms with E-state index in [1.54, 1.807) is 6.92 Å². The van der Waals surface area contributed by atoms with Gasteiger partial charge in [0.05, 0.1) is 0 Å². The number of carbonyl (C=O) groups excluding carboxylic acids is 1. The quantitative estimate of drug-likeness (QED) is 0.802. The van der Waals surface area contributed by atoms with Gasteiger partial charge in [0, 0.05) is 12.6 Å². The van der Waals surface area contributed by atoms with E-state index in [0.717, 1.165) is 25.7 Å². The van der Waals surface area contributed by atoms with Crippen molar-refractivity contribution < 1.29 is 9.90 Å². The molecule has 1 atom stereocenters. The van der Waals surface area contributed by atoms with E-state index in [2.05, 4.69) is 13.8 Å². The second kappa shape index (κ2) is 7.12. The highest BCUT2D eigenvalue weighted by molar-refractivity contribution is 5.96. The van der Waals surface area contributed by atoms with E-state index in [1.165, 1.54) is 10.6 Å². The molecular weight excluding hydrogens is 256 g/mol. The van der Waals surface area contributed by atoms with E-state index in [-0.39, 0.29) is 17.0 Å². The van der Waals surface area contributed by atoms with Gasteiger partial charge in [-0.15, -0.1) is 0 Å². The molecule has 1 rings (SSSR count). The SMILES string of the molecule is CCCCC(CC)Cn1c(O)c(C(N)=O)c(C)cc1=O. The average molecular weight is 280 g/mol. The minimum Gasteiger partial charge on any atom is -0.494 e. The van der Waals surface area contributed by atoms with Gasteiger partial charge >= 0.3 is 0 Å². The molecule has 0 aliphatic carbocycles. The number of carbonyl (C=O) groups is 1. The van der Waals surface area contributed by atoms with Crippen molar-refractivity contribution in [1.29, 1.82) is 0 Å². The number of hydrogen-bond acceptors (Lipinski definition) is 3. The molecule has 1 unspecified atom stereocenters. The molecule has 0 saturated carbocycles. The summed E-state index contributed by atoms with van der Waals surface area (Å²) in [6, 6.07) is 1.35. The minimum absolute atomic E-state index is 0.0370. The van der Waals surface area contributed by atoms with Crippen molar-refractivity contribution in [2.75, 3.05) is 0 Å². The molecule has 0 radical (unpaired) electrons. The number of pyridine rings is 1. The van der Waals surface area contributed by atoms with Crippen LogP contribution in [0.4, 0.5) is 0 Å². The first-order valence-electron chi connectivity index (χ1n) is 7.15. The first-order valence-corrected chi connectivity index (χ1v) is 7.15. The third kappa shape index (κ3) is 3.62. The summed E-state index contributed by atoms with van der Waals surface area (Å²) in [7, 11) is 0. The highest BCUT2D eigenvalue weighted by Crippen LogP contribution is 2.21. The predicted octanol–water partition coefficient (Wildman–Crippen LogP) is 2.18. The molecule has 1 aromatic rings. The molecule has 1 aromatic heterocycles. The van der Waals surface area contributed by atoms with E-state index < -0.39 is 5.91 Å².